The van der Waals surface area contributed by atoms with Gasteiger partial charge in [0.2, 0.25) is 5.39 Å². The number of halogens is 1. The fraction of sp³-hybridized carbons (Fsp3) is 0.125. The first-order valence-corrected chi connectivity index (χ1v) is 4.33. The average molecular weight is 270 g/mol. The summed E-state index contributed by atoms with van der Waals surface area (Å²) in [4.78, 5) is 3.02. The molecule has 0 amide bonds. The van der Waals surface area contributed by atoms with Gasteiger partial charge in [-0.2, -0.15) is 5.26 Å². The maximum Gasteiger partial charge on any atom is 0.402 e. The van der Waals surface area contributed by atoms with E-state index >= 15 is 0 Å². The van der Waals surface area contributed by atoms with Crippen molar-refractivity contribution in [2.75, 3.05) is 0 Å². The number of hydrogen-bond acceptors (Lipinski definition) is 2. The SMILES string of the molecule is Cc1c(I)ccc([N+]#N)c1C#N. The predicted molar refractivity (Wildman–Crippen MR) is 53.4 cm³/mol. The van der Waals surface area contributed by atoms with Gasteiger partial charge in [0.1, 0.15) is 6.07 Å². The Labute approximate surface area is 83.8 Å². The second-order valence-corrected chi connectivity index (χ2v) is 3.44. The summed E-state index contributed by atoms with van der Waals surface area (Å²) in [5.41, 5.74) is 1.62. The first-order chi connectivity index (χ1) is 5.70. The van der Waals surface area contributed by atoms with Crippen molar-refractivity contribution >= 4 is 28.3 Å². The zero-order valence-corrected chi connectivity index (χ0v) is 8.53. The van der Waals surface area contributed by atoms with Crippen LogP contribution in [0.25, 0.3) is 4.98 Å². The molecule has 0 fully saturated rings. The molecule has 0 unspecified atom stereocenters. The molecule has 0 bridgehead atoms. The van der Waals surface area contributed by atoms with Gasteiger partial charge in [-0.3, -0.25) is 0 Å². The quantitative estimate of drug-likeness (QED) is 0.537. The molecule has 0 aliphatic rings. The Morgan fingerprint density at radius 2 is 2.17 bits per heavy atom. The van der Waals surface area contributed by atoms with E-state index in [1.54, 1.807) is 6.07 Å². The number of diazo groups is 1. The zero-order chi connectivity index (χ0) is 9.14. The van der Waals surface area contributed by atoms with Crippen molar-refractivity contribution in [1.29, 1.82) is 10.7 Å². The fourth-order valence-electron chi connectivity index (χ4n) is 0.896. The van der Waals surface area contributed by atoms with Gasteiger partial charge >= 0.3 is 5.69 Å². The van der Waals surface area contributed by atoms with Gasteiger partial charge in [0.05, 0.1) is 0 Å². The first-order valence-electron chi connectivity index (χ1n) is 3.25. The van der Waals surface area contributed by atoms with Crippen LogP contribution in [0, 0.1) is 27.2 Å². The minimum atomic E-state index is 0.329. The highest BCUT2D eigenvalue weighted by molar-refractivity contribution is 14.1. The maximum atomic E-state index is 8.73. The van der Waals surface area contributed by atoms with Crippen molar-refractivity contribution in [2.45, 2.75) is 6.92 Å². The summed E-state index contributed by atoms with van der Waals surface area (Å²) in [7, 11) is 0. The van der Waals surface area contributed by atoms with Crippen molar-refractivity contribution < 1.29 is 0 Å². The molecular formula is C8H5IN3+. The normalized spacial score (nSPS) is 8.67. The van der Waals surface area contributed by atoms with Crippen molar-refractivity contribution in [2.24, 2.45) is 0 Å². The summed E-state index contributed by atoms with van der Waals surface area (Å²) < 4.78 is 0.997. The molecule has 12 heavy (non-hydrogen) atoms. The monoisotopic (exact) mass is 270 g/mol. The molecule has 0 spiro atoms. The van der Waals surface area contributed by atoms with Crippen LogP contribution in [0.1, 0.15) is 11.1 Å². The molecule has 4 heteroatoms. The highest BCUT2D eigenvalue weighted by Gasteiger charge is 2.16. The summed E-state index contributed by atoms with van der Waals surface area (Å²) in [5, 5.41) is 17.3. The molecular weight excluding hydrogens is 265 g/mol. The summed E-state index contributed by atoms with van der Waals surface area (Å²) >= 11 is 2.13. The minimum Gasteiger partial charge on any atom is -0.192 e. The van der Waals surface area contributed by atoms with Crippen LogP contribution in [-0.4, -0.2) is 0 Å². The van der Waals surface area contributed by atoms with E-state index in [4.69, 9.17) is 10.7 Å². The van der Waals surface area contributed by atoms with E-state index in [1.165, 1.54) is 0 Å². The lowest BCUT2D eigenvalue weighted by Gasteiger charge is -1.95. The second kappa shape index (κ2) is 3.51. The van der Waals surface area contributed by atoms with E-state index in [1.807, 2.05) is 19.1 Å². The van der Waals surface area contributed by atoms with Crippen LogP contribution in [0.4, 0.5) is 5.69 Å². The van der Waals surface area contributed by atoms with Crippen LogP contribution in [-0.2, 0) is 0 Å². The second-order valence-electron chi connectivity index (χ2n) is 2.28. The molecule has 0 radical (unpaired) electrons. The molecule has 0 N–H and O–H groups in total. The molecule has 58 valence electrons. The van der Waals surface area contributed by atoms with Gasteiger partial charge in [-0.15, -0.1) is 0 Å². The van der Waals surface area contributed by atoms with Crippen LogP contribution >= 0.6 is 22.6 Å². The van der Waals surface area contributed by atoms with Gasteiger partial charge < -0.3 is 0 Å². The largest absolute Gasteiger partial charge is 0.402 e. The van der Waals surface area contributed by atoms with Crippen LogP contribution < -0.4 is 0 Å². The van der Waals surface area contributed by atoms with Crippen molar-refractivity contribution in [3.63, 3.8) is 0 Å². The van der Waals surface area contributed by atoms with E-state index in [-0.39, 0.29) is 0 Å². The molecule has 0 saturated carbocycles. The summed E-state index contributed by atoms with van der Waals surface area (Å²) in [6.45, 7) is 1.83. The van der Waals surface area contributed by atoms with Crippen LogP contribution in [0.3, 0.4) is 0 Å². The molecule has 1 aromatic carbocycles. The van der Waals surface area contributed by atoms with Gasteiger partial charge in [-0.1, -0.05) is 0 Å². The first kappa shape index (κ1) is 8.95. The van der Waals surface area contributed by atoms with E-state index < -0.39 is 0 Å². The number of benzene rings is 1. The van der Waals surface area contributed by atoms with Crippen LogP contribution in [0.15, 0.2) is 12.1 Å². The molecule has 1 rings (SSSR count). The lowest BCUT2D eigenvalue weighted by molar-refractivity contribution is 1.35. The minimum absolute atomic E-state index is 0.329. The van der Waals surface area contributed by atoms with Crippen molar-refractivity contribution in [3.8, 4) is 6.07 Å². The molecule has 0 aliphatic heterocycles. The Hall–Kier alpha value is -1.14. The Kier molecular flexibility index (Phi) is 2.61. The standard InChI is InChI=1S/C8H5IN3/c1-5-6(4-10)8(12-11)3-2-7(5)9/h2-3H,1H3/q+1. The molecule has 0 saturated heterocycles. The van der Waals surface area contributed by atoms with E-state index in [0.29, 0.717) is 11.3 Å². The molecule has 0 atom stereocenters. The summed E-state index contributed by atoms with van der Waals surface area (Å²) in [6, 6.07) is 5.43. The Morgan fingerprint density at radius 1 is 1.50 bits per heavy atom. The lowest BCUT2D eigenvalue weighted by Crippen LogP contribution is -1.85. The summed E-state index contributed by atoms with van der Waals surface area (Å²) in [6.07, 6.45) is 0. The lowest BCUT2D eigenvalue weighted by atomic mass is 10.1. The third kappa shape index (κ3) is 1.39. The Morgan fingerprint density at radius 3 is 2.67 bits per heavy atom. The van der Waals surface area contributed by atoms with E-state index in [2.05, 4.69) is 27.6 Å². The van der Waals surface area contributed by atoms with Gasteiger partial charge in [0, 0.05) is 9.64 Å². The van der Waals surface area contributed by atoms with Gasteiger partial charge in [0.25, 0.3) is 0 Å². The molecule has 0 heterocycles. The third-order valence-corrected chi connectivity index (χ3v) is 2.77. The number of nitrogens with zero attached hydrogens (tertiary/aromatic N) is 3. The fourth-order valence-corrected chi connectivity index (χ4v) is 1.35. The number of rotatable bonds is 0. The zero-order valence-electron chi connectivity index (χ0n) is 6.37. The molecule has 3 nitrogen and oxygen atoms in total. The van der Waals surface area contributed by atoms with E-state index in [0.717, 1.165) is 9.13 Å². The van der Waals surface area contributed by atoms with Gasteiger partial charge in [-0.25, -0.2) is 0 Å². The number of hydrogen-bond donors (Lipinski definition) is 0. The number of nitriles is 1. The highest BCUT2D eigenvalue weighted by atomic mass is 127. The average Bonchev–Trinajstić information content (AvgIpc) is 2.09. The Balaban J connectivity index is 3.52. The Bertz CT molecular complexity index is 398. The van der Waals surface area contributed by atoms with Gasteiger partial charge in [-0.05, 0) is 41.1 Å². The molecule has 1 aromatic rings. The third-order valence-electron chi connectivity index (χ3n) is 1.60. The van der Waals surface area contributed by atoms with Crippen LogP contribution in [0.2, 0.25) is 0 Å². The molecule has 0 aliphatic carbocycles. The van der Waals surface area contributed by atoms with Gasteiger partial charge in [0.15, 0.2) is 10.5 Å². The smallest absolute Gasteiger partial charge is 0.192 e. The van der Waals surface area contributed by atoms with Crippen molar-refractivity contribution in [3.05, 3.63) is 31.8 Å². The van der Waals surface area contributed by atoms with Crippen molar-refractivity contribution in [1.82, 2.24) is 0 Å². The van der Waals surface area contributed by atoms with E-state index in [9.17, 15) is 0 Å². The summed E-state index contributed by atoms with van der Waals surface area (Å²) in [5.74, 6) is 0. The van der Waals surface area contributed by atoms with Crippen LogP contribution in [0.5, 0.6) is 0 Å². The maximum absolute atomic E-state index is 8.73. The molecule has 0 aromatic heterocycles. The predicted octanol–water partition coefficient (Wildman–Crippen LogP) is 2.96. The topological polar surface area (TPSA) is 51.9 Å². The highest BCUT2D eigenvalue weighted by Crippen LogP contribution is 2.25.